The minimum atomic E-state index is 0.487. The lowest BCUT2D eigenvalue weighted by atomic mass is 10.2. The number of nitrogens with two attached hydrogens (primary N) is 1. The van der Waals surface area contributed by atoms with Gasteiger partial charge in [0.05, 0.1) is 13.7 Å². The van der Waals surface area contributed by atoms with Crippen LogP contribution in [0.5, 0.6) is 11.5 Å². The third-order valence-corrected chi connectivity index (χ3v) is 1.82. The topological polar surface area (TPSA) is 44.5 Å². The number of hydrogen-bond donors (Lipinski definition) is 1. The molecule has 78 valence electrons. The van der Waals surface area contributed by atoms with Crippen molar-refractivity contribution in [1.29, 1.82) is 0 Å². The van der Waals surface area contributed by atoms with Crippen LogP contribution in [0.4, 0.5) is 5.69 Å². The molecule has 0 spiro atoms. The van der Waals surface area contributed by atoms with Gasteiger partial charge in [-0.05, 0) is 18.1 Å². The van der Waals surface area contributed by atoms with E-state index in [1.54, 1.807) is 7.11 Å². The predicted molar refractivity (Wildman–Crippen MR) is 57.7 cm³/mol. The van der Waals surface area contributed by atoms with E-state index in [2.05, 4.69) is 13.8 Å². The largest absolute Gasteiger partial charge is 0.494 e. The molecule has 0 saturated heterocycles. The average Bonchev–Trinajstić information content (AvgIpc) is 2.16. The van der Waals surface area contributed by atoms with Crippen LogP contribution in [-0.2, 0) is 0 Å². The zero-order valence-corrected chi connectivity index (χ0v) is 8.91. The second-order valence-electron chi connectivity index (χ2n) is 3.58. The summed E-state index contributed by atoms with van der Waals surface area (Å²) in [7, 11) is 1.60. The molecule has 0 aliphatic carbocycles. The number of ether oxygens (including phenoxy) is 2. The van der Waals surface area contributed by atoms with E-state index >= 15 is 0 Å². The first-order valence-electron chi connectivity index (χ1n) is 4.70. The maximum absolute atomic E-state index is 5.83. The monoisotopic (exact) mass is 195 g/mol. The molecule has 0 aliphatic heterocycles. The van der Waals surface area contributed by atoms with Crippen molar-refractivity contribution in [3.05, 3.63) is 18.2 Å². The average molecular weight is 195 g/mol. The van der Waals surface area contributed by atoms with Crippen molar-refractivity contribution >= 4 is 5.69 Å². The van der Waals surface area contributed by atoms with Crippen molar-refractivity contribution in [2.45, 2.75) is 13.8 Å². The Labute approximate surface area is 84.8 Å². The molecule has 0 unspecified atom stereocenters. The number of anilines is 1. The second kappa shape index (κ2) is 4.74. The highest BCUT2D eigenvalue weighted by atomic mass is 16.5. The Balaban J connectivity index is 2.76. The lowest BCUT2D eigenvalue weighted by molar-refractivity contribution is 0.271. The highest BCUT2D eigenvalue weighted by molar-refractivity contribution is 5.62. The van der Waals surface area contributed by atoms with Gasteiger partial charge in [-0.2, -0.15) is 0 Å². The highest BCUT2D eigenvalue weighted by Crippen LogP contribution is 2.31. The quantitative estimate of drug-likeness (QED) is 0.750. The molecule has 0 atom stereocenters. The fraction of sp³-hybridized carbons (Fsp3) is 0.455. The summed E-state index contributed by atoms with van der Waals surface area (Å²) >= 11 is 0. The molecule has 2 N–H and O–H groups in total. The smallest absolute Gasteiger partial charge is 0.146 e. The standard InChI is InChI=1S/C11H17NO2/c1-8(2)7-14-10-6-4-5-9(13-3)11(10)12/h4-6,8H,7,12H2,1-3H3. The van der Waals surface area contributed by atoms with E-state index < -0.39 is 0 Å². The minimum absolute atomic E-state index is 0.487. The van der Waals surface area contributed by atoms with Gasteiger partial charge in [-0.1, -0.05) is 19.9 Å². The SMILES string of the molecule is COc1cccc(OCC(C)C)c1N. The van der Waals surface area contributed by atoms with Gasteiger partial charge in [0.1, 0.15) is 17.2 Å². The van der Waals surface area contributed by atoms with Crippen LogP contribution in [-0.4, -0.2) is 13.7 Å². The summed E-state index contributed by atoms with van der Waals surface area (Å²) in [6.07, 6.45) is 0. The van der Waals surface area contributed by atoms with Crippen molar-refractivity contribution in [3.8, 4) is 11.5 Å². The van der Waals surface area contributed by atoms with Gasteiger partial charge in [-0.3, -0.25) is 0 Å². The predicted octanol–water partition coefficient (Wildman–Crippen LogP) is 2.31. The third kappa shape index (κ3) is 2.55. The van der Waals surface area contributed by atoms with Gasteiger partial charge in [0.15, 0.2) is 0 Å². The molecule has 0 radical (unpaired) electrons. The van der Waals surface area contributed by atoms with Crippen LogP contribution in [0.1, 0.15) is 13.8 Å². The van der Waals surface area contributed by atoms with Crippen LogP contribution in [0, 0.1) is 5.92 Å². The molecular weight excluding hydrogens is 178 g/mol. The number of benzene rings is 1. The van der Waals surface area contributed by atoms with Crippen molar-refractivity contribution in [2.24, 2.45) is 5.92 Å². The van der Waals surface area contributed by atoms with Crippen LogP contribution in [0.3, 0.4) is 0 Å². The summed E-state index contributed by atoms with van der Waals surface area (Å²) in [6, 6.07) is 5.53. The molecule has 0 saturated carbocycles. The van der Waals surface area contributed by atoms with Crippen LogP contribution in [0.25, 0.3) is 0 Å². The van der Waals surface area contributed by atoms with E-state index in [0.717, 1.165) is 0 Å². The van der Waals surface area contributed by atoms with Gasteiger partial charge < -0.3 is 15.2 Å². The Bertz CT molecular complexity index is 297. The number of methoxy groups -OCH3 is 1. The number of para-hydroxylation sites is 1. The van der Waals surface area contributed by atoms with Crippen LogP contribution >= 0.6 is 0 Å². The number of hydrogen-bond acceptors (Lipinski definition) is 3. The zero-order chi connectivity index (χ0) is 10.6. The summed E-state index contributed by atoms with van der Waals surface area (Å²) in [5.74, 6) is 1.84. The normalized spacial score (nSPS) is 10.3. The van der Waals surface area contributed by atoms with Crippen molar-refractivity contribution in [2.75, 3.05) is 19.5 Å². The molecule has 1 aromatic carbocycles. The van der Waals surface area contributed by atoms with E-state index in [4.69, 9.17) is 15.2 Å². The second-order valence-corrected chi connectivity index (χ2v) is 3.58. The maximum Gasteiger partial charge on any atom is 0.146 e. The maximum atomic E-state index is 5.83. The lowest BCUT2D eigenvalue weighted by Crippen LogP contribution is -2.06. The Hall–Kier alpha value is -1.38. The molecule has 0 heterocycles. The first kappa shape index (κ1) is 10.7. The minimum Gasteiger partial charge on any atom is -0.494 e. The summed E-state index contributed by atoms with van der Waals surface area (Å²) < 4.78 is 10.6. The number of nitrogen functional groups attached to an aromatic ring is 1. The van der Waals surface area contributed by atoms with Gasteiger partial charge in [-0.15, -0.1) is 0 Å². The van der Waals surface area contributed by atoms with Gasteiger partial charge in [0.25, 0.3) is 0 Å². The van der Waals surface area contributed by atoms with E-state index in [1.807, 2.05) is 18.2 Å². The van der Waals surface area contributed by atoms with E-state index in [1.165, 1.54) is 0 Å². The summed E-state index contributed by atoms with van der Waals surface area (Å²) in [5, 5.41) is 0. The Morgan fingerprint density at radius 3 is 2.50 bits per heavy atom. The van der Waals surface area contributed by atoms with Crippen molar-refractivity contribution < 1.29 is 9.47 Å². The Morgan fingerprint density at radius 1 is 1.29 bits per heavy atom. The molecule has 3 nitrogen and oxygen atoms in total. The van der Waals surface area contributed by atoms with Crippen LogP contribution < -0.4 is 15.2 Å². The summed E-state index contributed by atoms with van der Waals surface area (Å²) in [4.78, 5) is 0. The molecule has 1 aromatic rings. The highest BCUT2D eigenvalue weighted by Gasteiger charge is 2.06. The molecule has 14 heavy (non-hydrogen) atoms. The Kier molecular flexibility index (Phi) is 3.63. The van der Waals surface area contributed by atoms with Gasteiger partial charge in [0.2, 0.25) is 0 Å². The molecule has 1 rings (SSSR count). The van der Waals surface area contributed by atoms with Crippen molar-refractivity contribution in [3.63, 3.8) is 0 Å². The van der Waals surface area contributed by atoms with E-state index in [0.29, 0.717) is 29.7 Å². The first-order chi connectivity index (χ1) is 6.65. The summed E-state index contributed by atoms with van der Waals surface area (Å²) in [6.45, 7) is 4.85. The van der Waals surface area contributed by atoms with Gasteiger partial charge >= 0.3 is 0 Å². The van der Waals surface area contributed by atoms with Crippen LogP contribution in [0.15, 0.2) is 18.2 Å². The third-order valence-electron chi connectivity index (χ3n) is 1.82. The first-order valence-corrected chi connectivity index (χ1v) is 4.70. The lowest BCUT2D eigenvalue weighted by Gasteiger charge is -2.12. The molecule has 0 aliphatic rings. The van der Waals surface area contributed by atoms with Crippen LogP contribution in [0.2, 0.25) is 0 Å². The fourth-order valence-corrected chi connectivity index (χ4v) is 1.08. The number of rotatable bonds is 4. The van der Waals surface area contributed by atoms with Crippen molar-refractivity contribution in [1.82, 2.24) is 0 Å². The van der Waals surface area contributed by atoms with E-state index in [9.17, 15) is 0 Å². The summed E-state index contributed by atoms with van der Waals surface area (Å²) in [5.41, 5.74) is 6.40. The molecule has 0 aromatic heterocycles. The van der Waals surface area contributed by atoms with E-state index in [-0.39, 0.29) is 0 Å². The molecular formula is C11H17NO2. The molecule has 0 amide bonds. The Morgan fingerprint density at radius 2 is 1.93 bits per heavy atom. The van der Waals surface area contributed by atoms with Gasteiger partial charge in [0, 0.05) is 0 Å². The molecule has 3 heteroatoms. The van der Waals surface area contributed by atoms with Gasteiger partial charge in [-0.25, -0.2) is 0 Å². The zero-order valence-electron chi connectivity index (χ0n) is 8.91. The molecule has 0 fully saturated rings. The molecule has 0 bridgehead atoms. The fourth-order valence-electron chi connectivity index (χ4n) is 1.08.